The number of ketones is 1. The zero-order valence-electron chi connectivity index (χ0n) is 9.35. The molecule has 2 rings (SSSR count). The van der Waals surface area contributed by atoms with Crippen molar-refractivity contribution in [3.8, 4) is 0 Å². The fourth-order valence-electron chi connectivity index (χ4n) is 1.53. The molecule has 1 aromatic heterocycles. The first-order valence-electron chi connectivity index (χ1n) is 5.22. The molecule has 0 bridgehead atoms. The highest BCUT2D eigenvalue weighted by Gasteiger charge is 2.11. The third kappa shape index (κ3) is 2.72. The van der Waals surface area contributed by atoms with E-state index in [0.29, 0.717) is 5.56 Å². The number of carbonyl (C=O) groups excluding carboxylic acids is 1. The summed E-state index contributed by atoms with van der Waals surface area (Å²) in [5.74, 6) is -0.386. The molecule has 0 saturated heterocycles. The highest BCUT2D eigenvalue weighted by atomic mass is 19.1. The normalized spacial score (nSPS) is 10.2. The van der Waals surface area contributed by atoms with Gasteiger partial charge in [0.05, 0.1) is 0 Å². The predicted octanol–water partition coefficient (Wildman–Crippen LogP) is 2.35. The number of hydrogen-bond donors (Lipinski definition) is 0. The minimum Gasteiger partial charge on any atom is -0.290 e. The second-order valence-electron chi connectivity index (χ2n) is 3.74. The van der Waals surface area contributed by atoms with E-state index >= 15 is 0 Å². The Morgan fingerprint density at radius 1 is 1.29 bits per heavy atom. The van der Waals surface area contributed by atoms with Crippen LogP contribution in [0.5, 0.6) is 0 Å². The topological polar surface area (TPSA) is 42.9 Å². The Kier molecular flexibility index (Phi) is 3.23. The summed E-state index contributed by atoms with van der Waals surface area (Å²) in [6, 6.07) is 6.05. The Labute approximate surface area is 98.3 Å². The summed E-state index contributed by atoms with van der Waals surface area (Å²) < 4.78 is 13.1. The molecule has 1 heterocycles. The minimum atomic E-state index is -0.340. The number of rotatable bonds is 3. The number of carbonyl (C=O) groups is 1. The summed E-state index contributed by atoms with van der Waals surface area (Å²) >= 11 is 0. The van der Waals surface area contributed by atoms with E-state index < -0.39 is 0 Å². The molecule has 0 spiro atoms. The van der Waals surface area contributed by atoms with Gasteiger partial charge in [0.25, 0.3) is 0 Å². The van der Waals surface area contributed by atoms with Gasteiger partial charge in [-0.05, 0) is 36.2 Å². The second-order valence-corrected chi connectivity index (χ2v) is 3.74. The zero-order valence-corrected chi connectivity index (χ0v) is 9.35. The first-order valence-corrected chi connectivity index (χ1v) is 5.22. The monoisotopic (exact) mass is 230 g/mol. The molecule has 0 aliphatic heterocycles. The summed E-state index contributed by atoms with van der Waals surface area (Å²) in [5.41, 5.74) is 1.55. The van der Waals surface area contributed by atoms with Gasteiger partial charge < -0.3 is 0 Å². The van der Waals surface area contributed by atoms with Gasteiger partial charge in [0.2, 0.25) is 5.78 Å². The van der Waals surface area contributed by atoms with Crippen molar-refractivity contribution in [3.63, 3.8) is 0 Å². The summed E-state index contributed by atoms with van der Waals surface area (Å²) in [7, 11) is 0. The molecule has 0 radical (unpaired) electrons. The van der Waals surface area contributed by atoms with Gasteiger partial charge in [-0.15, -0.1) is 0 Å². The Bertz CT molecular complexity index is 540. The Morgan fingerprint density at radius 3 is 2.71 bits per heavy atom. The third-order valence-corrected chi connectivity index (χ3v) is 2.48. The molecule has 0 fully saturated rings. The predicted molar refractivity (Wildman–Crippen MR) is 61.2 cm³/mol. The van der Waals surface area contributed by atoms with Crippen LogP contribution >= 0.6 is 0 Å². The molecule has 17 heavy (non-hydrogen) atoms. The van der Waals surface area contributed by atoms with Crippen LogP contribution in [-0.2, 0) is 6.42 Å². The number of Topliss-reactive ketones (excluding diaryl/α,β-unsaturated/α-hetero) is 1. The van der Waals surface area contributed by atoms with E-state index in [1.54, 1.807) is 12.1 Å². The second kappa shape index (κ2) is 4.82. The van der Waals surface area contributed by atoms with Crippen LogP contribution in [0.25, 0.3) is 0 Å². The molecule has 0 aliphatic carbocycles. The van der Waals surface area contributed by atoms with Gasteiger partial charge in [0.15, 0.2) is 5.82 Å². The van der Waals surface area contributed by atoms with Crippen LogP contribution in [-0.4, -0.2) is 15.8 Å². The van der Waals surface area contributed by atoms with Crippen LogP contribution in [0, 0.1) is 12.7 Å². The molecule has 0 atom stereocenters. The van der Waals surface area contributed by atoms with Crippen LogP contribution in [0.4, 0.5) is 4.39 Å². The maximum Gasteiger partial charge on any atom is 0.204 e. The van der Waals surface area contributed by atoms with Gasteiger partial charge in [0, 0.05) is 18.8 Å². The molecular weight excluding hydrogens is 219 g/mol. The van der Waals surface area contributed by atoms with E-state index in [2.05, 4.69) is 9.97 Å². The van der Waals surface area contributed by atoms with Gasteiger partial charge in [-0.25, -0.2) is 14.4 Å². The molecule has 1 aromatic carbocycles. The third-order valence-electron chi connectivity index (χ3n) is 2.48. The lowest BCUT2D eigenvalue weighted by Crippen LogP contribution is -2.09. The summed E-state index contributed by atoms with van der Waals surface area (Å²) in [6.07, 6.45) is 3.14. The Hall–Kier alpha value is -2.10. The molecule has 0 aliphatic rings. The van der Waals surface area contributed by atoms with E-state index in [4.69, 9.17) is 0 Å². The standard InChI is InChI=1S/C13H11FN2O/c1-9-3-4-11(14)7-10(9)8-12(17)13-15-5-2-6-16-13/h2-7H,8H2,1H3. The van der Waals surface area contributed by atoms with Crippen molar-refractivity contribution in [2.45, 2.75) is 13.3 Å². The highest BCUT2D eigenvalue weighted by Crippen LogP contribution is 2.12. The van der Waals surface area contributed by atoms with Crippen molar-refractivity contribution in [1.82, 2.24) is 9.97 Å². The number of aromatic nitrogens is 2. The number of hydrogen-bond acceptors (Lipinski definition) is 3. The molecule has 0 saturated carbocycles. The average molecular weight is 230 g/mol. The fraction of sp³-hybridized carbons (Fsp3) is 0.154. The van der Waals surface area contributed by atoms with Crippen molar-refractivity contribution in [1.29, 1.82) is 0 Å². The lowest BCUT2D eigenvalue weighted by molar-refractivity contribution is 0.0982. The molecule has 0 unspecified atom stereocenters. The zero-order chi connectivity index (χ0) is 12.3. The number of aryl methyl sites for hydroxylation is 1. The van der Waals surface area contributed by atoms with E-state index in [1.165, 1.54) is 24.5 Å². The Balaban J connectivity index is 2.22. The summed E-state index contributed by atoms with van der Waals surface area (Å²) in [6.45, 7) is 1.84. The first-order chi connectivity index (χ1) is 8.16. The van der Waals surface area contributed by atoms with Gasteiger partial charge in [0.1, 0.15) is 5.82 Å². The molecule has 0 N–H and O–H groups in total. The number of benzene rings is 1. The van der Waals surface area contributed by atoms with Crippen molar-refractivity contribution in [3.05, 3.63) is 59.4 Å². The maximum absolute atomic E-state index is 13.1. The van der Waals surface area contributed by atoms with Gasteiger partial charge in [-0.1, -0.05) is 6.07 Å². The SMILES string of the molecule is Cc1ccc(F)cc1CC(=O)c1ncccn1. The molecule has 2 aromatic rings. The molecule has 3 nitrogen and oxygen atoms in total. The summed E-state index contributed by atoms with van der Waals surface area (Å²) in [4.78, 5) is 19.6. The summed E-state index contributed by atoms with van der Waals surface area (Å²) in [5, 5.41) is 0. The van der Waals surface area contributed by atoms with Gasteiger partial charge in [-0.2, -0.15) is 0 Å². The average Bonchev–Trinajstić information content (AvgIpc) is 2.35. The van der Waals surface area contributed by atoms with Crippen molar-refractivity contribution < 1.29 is 9.18 Å². The van der Waals surface area contributed by atoms with Crippen molar-refractivity contribution >= 4 is 5.78 Å². The lowest BCUT2D eigenvalue weighted by Gasteiger charge is -2.04. The number of nitrogens with zero attached hydrogens (tertiary/aromatic N) is 2. The fourth-order valence-corrected chi connectivity index (χ4v) is 1.53. The van der Waals surface area contributed by atoms with E-state index in [-0.39, 0.29) is 23.8 Å². The molecule has 4 heteroatoms. The van der Waals surface area contributed by atoms with Gasteiger partial charge in [-0.3, -0.25) is 4.79 Å². The van der Waals surface area contributed by atoms with Crippen molar-refractivity contribution in [2.24, 2.45) is 0 Å². The quantitative estimate of drug-likeness (QED) is 0.760. The van der Waals surface area contributed by atoms with Crippen molar-refractivity contribution in [2.75, 3.05) is 0 Å². The van der Waals surface area contributed by atoms with Gasteiger partial charge >= 0.3 is 0 Å². The number of halogens is 1. The van der Waals surface area contributed by atoms with Crippen LogP contribution in [0.1, 0.15) is 21.7 Å². The highest BCUT2D eigenvalue weighted by molar-refractivity contribution is 5.94. The maximum atomic E-state index is 13.1. The molecule has 0 amide bonds. The van der Waals surface area contributed by atoms with Crippen LogP contribution < -0.4 is 0 Å². The van der Waals surface area contributed by atoms with E-state index in [9.17, 15) is 9.18 Å². The molecular formula is C13H11FN2O. The minimum absolute atomic E-state index is 0.119. The van der Waals surface area contributed by atoms with E-state index in [0.717, 1.165) is 5.56 Å². The van der Waals surface area contributed by atoms with Crippen LogP contribution in [0.15, 0.2) is 36.7 Å². The van der Waals surface area contributed by atoms with Crippen LogP contribution in [0.3, 0.4) is 0 Å². The van der Waals surface area contributed by atoms with E-state index in [1.807, 2.05) is 6.92 Å². The largest absolute Gasteiger partial charge is 0.290 e. The lowest BCUT2D eigenvalue weighted by atomic mass is 10.0. The Morgan fingerprint density at radius 2 is 2.00 bits per heavy atom. The molecule has 86 valence electrons. The smallest absolute Gasteiger partial charge is 0.204 e. The first kappa shape index (κ1) is 11.4. The van der Waals surface area contributed by atoms with Crippen LogP contribution in [0.2, 0.25) is 0 Å².